The largest absolute Gasteiger partial charge is 0.355 e. The Morgan fingerprint density at radius 1 is 1.29 bits per heavy atom. The van der Waals surface area contributed by atoms with Crippen LogP contribution in [0, 0.1) is 6.92 Å². The molecule has 1 aromatic heterocycles. The number of hydrogen-bond acceptors (Lipinski definition) is 3. The number of nitrogens with one attached hydrogen (secondary N) is 1. The number of carbonyl (C=O) groups is 1. The van der Waals surface area contributed by atoms with E-state index >= 15 is 0 Å². The molecule has 0 fully saturated rings. The summed E-state index contributed by atoms with van der Waals surface area (Å²) in [5.41, 5.74) is 1.74. The molecular formula is C9H11NO3S. The van der Waals surface area contributed by atoms with Gasteiger partial charge in [0, 0.05) is 23.9 Å². The van der Waals surface area contributed by atoms with E-state index in [0.29, 0.717) is 34.7 Å². The minimum absolute atomic E-state index is 0.0120. The zero-order valence-corrected chi connectivity index (χ0v) is 8.86. The third kappa shape index (κ3) is 1.19. The zero-order chi connectivity index (χ0) is 10.5. The van der Waals surface area contributed by atoms with Crippen LogP contribution in [0.15, 0.2) is 4.90 Å². The highest BCUT2D eigenvalue weighted by molar-refractivity contribution is 7.90. The number of hydrogen-bond donors (Lipinski definition) is 1. The summed E-state index contributed by atoms with van der Waals surface area (Å²) in [7, 11) is -3.22. The van der Waals surface area contributed by atoms with Gasteiger partial charge in [-0.25, -0.2) is 8.42 Å². The van der Waals surface area contributed by atoms with Crippen LogP contribution in [0.3, 0.4) is 0 Å². The summed E-state index contributed by atoms with van der Waals surface area (Å²) in [6.45, 7) is 1.68. The third-order valence-corrected chi connectivity index (χ3v) is 3.77. The highest BCUT2D eigenvalue weighted by Gasteiger charge is 2.30. The predicted molar refractivity (Wildman–Crippen MR) is 51.3 cm³/mol. The van der Waals surface area contributed by atoms with E-state index in [1.165, 1.54) is 6.26 Å². The molecule has 1 N–H and O–H groups in total. The minimum Gasteiger partial charge on any atom is -0.355 e. The molecule has 0 amide bonds. The Morgan fingerprint density at radius 2 is 1.93 bits per heavy atom. The summed E-state index contributed by atoms with van der Waals surface area (Å²) in [5.74, 6) is 0.0120. The predicted octanol–water partition coefficient (Wildman–Crippen LogP) is 0.856. The molecule has 4 nitrogen and oxygen atoms in total. The lowest BCUT2D eigenvalue weighted by Gasteiger charge is -1.98. The fourth-order valence-corrected chi connectivity index (χ4v) is 3.26. The second-order valence-electron chi connectivity index (χ2n) is 3.63. The average molecular weight is 213 g/mol. The highest BCUT2D eigenvalue weighted by Crippen LogP contribution is 2.30. The fraction of sp³-hybridized carbons (Fsp3) is 0.444. The molecule has 2 rings (SSSR count). The smallest absolute Gasteiger partial charge is 0.179 e. The SMILES string of the molecule is Cc1[nH]c2c(c1S(C)(=O)=O)CCC2=O. The maximum Gasteiger partial charge on any atom is 0.179 e. The van der Waals surface area contributed by atoms with Gasteiger partial charge in [-0.3, -0.25) is 4.79 Å². The van der Waals surface area contributed by atoms with Crippen LogP contribution in [0.25, 0.3) is 0 Å². The summed E-state index contributed by atoms with van der Waals surface area (Å²) in [6.07, 6.45) is 2.14. The van der Waals surface area contributed by atoms with Gasteiger partial charge in [0.1, 0.15) is 0 Å². The number of fused-ring (bicyclic) bond motifs is 1. The number of rotatable bonds is 1. The fourth-order valence-electron chi connectivity index (χ4n) is 2.00. The first kappa shape index (κ1) is 9.45. The van der Waals surface area contributed by atoms with Crippen LogP contribution in [0.1, 0.15) is 28.2 Å². The summed E-state index contributed by atoms with van der Waals surface area (Å²) in [5, 5.41) is 0. The molecule has 0 saturated heterocycles. The van der Waals surface area contributed by atoms with Gasteiger partial charge < -0.3 is 4.98 Å². The van der Waals surface area contributed by atoms with Crippen LogP contribution >= 0.6 is 0 Å². The van der Waals surface area contributed by atoms with E-state index < -0.39 is 9.84 Å². The zero-order valence-electron chi connectivity index (χ0n) is 8.05. The van der Waals surface area contributed by atoms with E-state index in [1.807, 2.05) is 0 Å². The van der Waals surface area contributed by atoms with E-state index in [9.17, 15) is 13.2 Å². The van der Waals surface area contributed by atoms with Crippen LogP contribution in [0.4, 0.5) is 0 Å². The summed E-state index contributed by atoms with van der Waals surface area (Å²) < 4.78 is 22.9. The molecule has 0 unspecified atom stereocenters. The Labute approximate surface area is 82.2 Å². The summed E-state index contributed by atoms with van der Waals surface area (Å²) >= 11 is 0. The second kappa shape index (κ2) is 2.70. The van der Waals surface area contributed by atoms with Gasteiger partial charge >= 0.3 is 0 Å². The molecule has 0 spiro atoms. The Hall–Kier alpha value is -1.10. The van der Waals surface area contributed by atoms with Crippen LogP contribution in [-0.2, 0) is 16.3 Å². The van der Waals surface area contributed by atoms with E-state index in [1.54, 1.807) is 6.92 Å². The molecule has 0 radical (unpaired) electrons. The van der Waals surface area contributed by atoms with Crippen LogP contribution in [0.5, 0.6) is 0 Å². The first-order valence-electron chi connectivity index (χ1n) is 4.36. The van der Waals surface area contributed by atoms with Crippen molar-refractivity contribution in [3.63, 3.8) is 0 Å². The van der Waals surface area contributed by atoms with Gasteiger partial charge in [-0.1, -0.05) is 0 Å². The number of aromatic nitrogens is 1. The monoisotopic (exact) mass is 213 g/mol. The van der Waals surface area contributed by atoms with Crippen molar-refractivity contribution in [3.8, 4) is 0 Å². The molecule has 5 heteroatoms. The summed E-state index contributed by atoms with van der Waals surface area (Å²) in [6, 6.07) is 0. The normalized spacial score (nSPS) is 16.0. The number of aryl methyl sites for hydroxylation is 1. The molecular weight excluding hydrogens is 202 g/mol. The van der Waals surface area contributed by atoms with Gasteiger partial charge in [-0.2, -0.15) is 0 Å². The Kier molecular flexibility index (Phi) is 1.82. The Balaban J connectivity index is 2.75. The maximum absolute atomic E-state index is 11.4. The van der Waals surface area contributed by atoms with E-state index in [4.69, 9.17) is 0 Å². The van der Waals surface area contributed by atoms with Crippen molar-refractivity contribution in [2.45, 2.75) is 24.7 Å². The second-order valence-corrected chi connectivity index (χ2v) is 5.58. The van der Waals surface area contributed by atoms with E-state index in [-0.39, 0.29) is 5.78 Å². The first-order valence-corrected chi connectivity index (χ1v) is 6.25. The van der Waals surface area contributed by atoms with Gasteiger partial charge in [0.25, 0.3) is 0 Å². The number of sulfone groups is 1. The molecule has 1 heterocycles. The van der Waals surface area contributed by atoms with Crippen molar-refractivity contribution in [1.29, 1.82) is 0 Å². The molecule has 76 valence electrons. The highest BCUT2D eigenvalue weighted by atomic mass is 32.2. The molecule has 1 aliphatic rings. The van der Waals surface area contributed by atoms with Crippen molar-refractivity contribution in [2.75, 3.05) is 6.26 Å². The number of ketones is 1. The molecule has 0 atom stereocenters. The van der Waals surface area contributed by atoms with Crippen LogP contribution in [0.2, 0.25) is 0 Å². The number of Topliss-reactive ketones (excluding diaryl/α,β-unsaturated/α-hetero) is 1. The lowest BCUT2D eigenvalue weighted by atomic mass is 10.2. The number of carbonyl (C=O) groups excluding carboxylic acids is 1. The molecule has 0 aromatic carbocycles. The first-order chi connectivity index (χ1) is 6.41. The van der Waals surface area contributed by atoms with Crippen molar-refractivity contribution in [3.05, 3.63) is 17.0 Å². The molecule has 0 bridgehead atoms. The molecule has 0 saturated carbocycles. The molecule has 14 heavy (non-hydrogen) atoms. The van der Waals surface area contributed by atoms with E-state index in [0.717, 1.165) is 0 Å². The summed E-state index contributed by atoms with van der Waals surface area (Å²) in [4.78, 5) is 14.5. The van der Waals surface area contributed by atoms with Crippen molar-refractivity contribution in [2.24, 2.45) is 0 Å². The van der Waals surface area contributed by atoms with Gasteiger partial charge in [0.15, 0.2) is 15.6 Å². The molecule has 0 aliphatic heterocycles. The third-order valence-electron chi connectivity index (χ3n) is 2.48. The molecule has 1 aromatic rings. The van der Waals surface area contributed by atoms with Crippen LogP contribution < -0.4 is 0 Å². The van der Waals surface area contributed by atoms with Gasteiger partial charge in [0.2, 0.25) is 0 Å². The standard InChI is InChI=1S/C9H11NO3S/c1-5-9(14(2,12)13)6-3-4-7(11)8(6)10-5/h10H,3-4H2,1-2H3. The van der Waals surface area contributed by atoms with E-state index in [2.05, 4.69) is 4.98 Å². The average Bonchev–Trinajstić information content (AvgIpc) is 2.49. The number of aromatic amines is 1. The Morgan fingerprint density at radius 3 is 2.50 bits per heavy atom. The topological polar surface area (TPSA) is 67.0 Å². The Bertz CT molecular complexity index is 510. The van der Waals surface area contributed by atoms with Gasteiger partial charge in [-0.15, -0.1) is 0 Å². The maximum atomic E-state index is 11.4. The van der Waals surface area contributed by atoms with Crippen LogP contribution in [-0.4, -0.2) is 25.4 Å². The van der Waals surface area contributed by atoms with Gasteiger partial charge in [-0.05, 0) is 13.3 Å². The number of H-pyrrole nitrogens is 1. The lowest BCUT2D eigenvalue weighted by Crippen LogP contribution is -2.00. The van der Waals surface area contributed by atoms with Crippen molar-refractivity contribution < 1.29 is 13.2 Å². The van der Waals surface area contributed by atoms with Crippen molar-refractivity contribution >= 4 is 15.6 Å². The minimum atomic E-state index is -3.22. The molecule has 1 aliphatic carbocycles. The lowest BCUT2D eigenvalue weighted by molar-refractivity contribution is 0.0990. The van der Waals surface area contributed by atoms with Crippen molar-refractivity contribution in [1.82, 2.24) is 4.98 Å². The quantitative estimate of drug-likeness (QED) is 0.752. The van der Waals surface area contributed by atoms with Gasteiger partial charge in [0.05, 0.1) is 10.6 Å².